The third kappa shape index (κ3) is 3.25. The number of carboxylic acid groups (broad SMARTS) is 1. The maximum Gasteiger partial charge on any atom is 0.311 e. The molecular weight excluding hydrogens is 298 g/mol. The van der Waals surface area contributed by atoms with Crippen molar-refractivity contribution in [2.45, 2.75) is 38.7 Å². The second-order valence-electron chi connectivity index (χ2n) is 6.93. The number of nitrogens with one attached hydrogen (secondary N) is 1. The number of amides is 1. The van der Waals surface area contributed by atoms with E-state index in [-0.39, 0.29) is 24.7 Å². The van der Waals surface area contributed by atoms with Crippen molar-refractivity contribution in [3.05, 3.63) is 23.8 Å². The van der Waals surface area contributed by atoms with Gasteiger partial charge in [-0.2, -0.15) is 0 Å². The van der Waals surface area contributed by atoms with E-state index < -0.39 is 11.4 Å². The quantitative estimate of drug-likeness (QED) is 0.834. The Morgan fingerprint density at radius 1 is 1.35 bits per heavy atom. The standard InChI is InChI=1S/C17H21NO5/c1-16(2)8-11-4-3-5-12(14(11)23-16)22-9-13(19)18-10-17(6-7-17)15(20)21/h3-5H,6-10H2,1-2H3,(H,18,19)(H,20,21). The lowest BCUT2D eigenvalue weighted by Gasteiger charge is -2.18. The summed E-state index contributed by atoms with van der Waals surface area (Å²) in [5, 5.41) is 11.7. The number of carboxylic acids is 1. The molecule has 1 saturated carbocycles. The Kier molecular flexibility index (Phi) is 3.70. The number of aliphatic carboxylic acids is 1. The van der Waals surface area contributed by atoms with Gasteiger partial charge in [0.25, 0.3) is 5.91 Å². The molecule has 6 heteroatoms. The van der Waals surface area contributed by atoms with E-state index in [1.165, 1.54) is 0 Å². The topological polar surface area (TPSA) is 84.9 Å². The number of para-hydroxylation sites is 1. The zero-order chi connectivity index (χ0) is 16.7. The molecule has 0 radical (unpaired) electrons. The van der Waals surface area contributed by atoms with E-state index in [4.69, 9.17) is 14.6 Å². The van der Waals surface area contributed by atoms with Gasteiger partial charge in [0, 0.05) is 18.5 Å². The number of rotatable bonds is 6. The predicted molar refractivity (Wildman–Crippen MR) is 82.7 cm³/mol. The molecule has 0 atom stereocenters. The molecule has 1 amide bonds. The van der Waals surface area contributed by atoms with Crippen molar-refractivity contribution in [3.8, 4) is 11.5 Å². The smallest absolute Gasteiger partial charge is 0.311 e. The summed E-state index contributed by atoms with van der Waals surface area (Å²) in [4.78, 5) is 22.9. The number of carbonyl (C=O) groups is 2. The van der Waals surface area contributed by atoms with Gasteiger partial charge < -0.3 is 19.9 Å². The van der Waals surface area contributed by atoms with Crippen LogP contribution in [0.1, 0.15) is 32.3 Å². The molecule has 0 bridgehead atoms. The Morgan fingerprint density at radius 3 is 2.74 bits per heavy atom. The molecule has 0 aromatic heterocycles. The van der Waals surface area contributed by atoms with Crippen molar-refractivity contribution >= 4 is 11.9 Å². The summed E-state index contributed by atoms with van der Waals surface area (Å²) in [5.74, 6) is 0.0553. The fourth-order valence-electron chi connectivity index (χ4n) is 2.78. The van der Waals surface area contributed by atoms with Crippen molar-refractivity contribution < 1.29 is 24.2 Å². The Balaban J connectivity index is 1.55. The third-order valence-electron chi connectivity index (χ3n) is 4.34. The van der Waals surface area contributed by atoms with Crippen LogP contribution in [0.4, 0.5) is 0 Å². The Bertz CT molecular complexity index is 648. The predicted octanol–water partition coefficient (Wildman–Crippen LogP) is 1.76. The fourth-order valence-corrected chi connectivity index (χ4v) is 2.78. The maximum absolute atomic E-state index is 11.9. The molecule has 2 N–H and O–H groups in total. The number of fused-ring (bicyclic) bond motifs is 1. The molecule has 1 aliphatic carbocycles. The van der Waals surface area contributed by atoms with Crippen molar-refractivity contribution in [3.63, 3.8) is 0 Å². The Hall–Kier alpha value is -2.24. The first-order valence-corrected chi connectivity index (χ1v) is 7.75. The molecule has 1 fully saturated rings. The van der Waals surface area contributed by atoms with Crippen LogP contribution in [0.25, 0.3) is 0 Å². The van der Waals surface area contributed by atoms with Gasteiger partial charge in [0.05, 0.1) is 5.41 Å². The van der Waals surface area contributed by atoms with Crippen molar-refractivity contribution in [2.24, 2.45) is 5.41 Å². The van der Waals surface area contributed by atoms with Crippen LogP contribution < -0.4 is 14.8 Å². The summed E-state index contributed by atoms with van der Waals surface area (Å²) in [6.07, 6.45) is 2.02. The van der Waals surface area contributed by atoms with Crippen molar-refractivity contribution in [1.29, 1.82) is 0 Å². The lowest BCUT2D eigenvalue weighted by atomic mass is 10.0. The number of hydrogen-bond acceptors (Lipinski definition) is 4. The maximum atomic E-state index is 11.9. The first-order valence-electron chi connectivity index (χ1n) is 7.75. The van der Waals surface area contributed by atoms with Crippen LogP contribution in [-0.4, -0.2) is 35.7 Å². The molecule has 124 valence electrons. The normalized spacial score (nSPS) is 19.4. The van der Waals surface area contributed by atoms with Crippen molar-refractivity contribution in [1.82, 2.24) is 5.32 Å². The van der Waals surface area contributed by atoms with E-state index in [1.807, 2.05) is 26.0 Å². The highest BCUT2D eigenvalue weighted by Crippen LogP contribution is 2.45. The third-order valence-corrected chi connectivity index (χ3v) is 4.34. The highest BCUT2D eigenvalue weighted by Gasteiger charge is 2.50. The SMILES string of the molecule is CC1(C)Cc2cccc(OCC(=O)NCC3(C(=O)O)CC3)c2O1. The zero-order valence-corrected chi connectivity index (χ0v) is 13.3. The molecule has 23 heavy (non-hydrogen) atoms. The number of hydrogen-bond donors (Lipinski definition) is 2. The summed E-state index contributed by atoms with van der Waals surface area (Å²) < 4.78 is 11.4. The average Bonchev–Trinajstić information content (AvgIpc) is 3.20. The van der Waals surface area contributed by atoms with Crippen LogP contribution in [0.5, 0.6) is 11.5 Å². The molecule has 6 nitrogen and oxygen atoms in total. The van der Waals surface area contributed by atoms with Crippen LogP contribution in [0, 0.1) is 5.41 Å². The minimum Gasteiger partial charge on any atom is -0.483 e. The number of carbonyl (C=O) groups excluding carboxylic acids is 1. The average molecular weight is 319 g/mol. The summed E-state index contributed by atoms with van der Waals surface area (Å²) in [7, 11) is 0. The van der Waals surface area contributed by atoms with E-state index in [9.17, 15) is 9.59 Å². The molecular formula is C17H21NO5. The largest absolute Gasteiger partial charge is 0.483 e. The highest BCUT2D eigenvalue weighted by atomic mass is 16.5. The van der Waals surface area contributed by atoms with E-state index in [0.29, 0.717) is 24.3 Å². The van der Waals surface area contributed by atoms with Crippen molar-refractivity contribution in [2.75, 3.05) is 13.2 Å². The van der Waals surface area contributed by atoms with Crippen LogP contribution in [0.2, 0.25) is 0 Å². The van der Waals surface area contributed by atoms with Crippen LogP contribution in [0.15, 0.2) is 18.2 Å². The minimum absolute atomic E-state index is 0.154. The Morgan fingerprint density at radius 2 is 2.09 bits per heavy atom. The molecule has 0 unspecified atom stereocenters. The molecule has 2 aliphatic rings. The van der Waals surface area contributed by atoms with Gasteiger partial charge in [-0.05, 0) is 32.8 Å². The molecule has 3 rings (SSSR count). The minimum atomic E-state index is -0.852. The first-order chi connectivity index (χ1) is 10.8. The second kappa shape index (κ2) is 5.44. The van der Waals surface area contributed by atoms with Gasteiger partial charge in [0.2, 0.25) is 0 Å². The highest BCUT2D eigenvalue weighted by molar-refractivity contribution is 5.81. The summed E-state index contributed by atoms with van der Waals surface area (Å²) >= 11 is 0. The zero-order valence-electron chi connectivity index (χ0n) is 13.3. The lowest BCUT2D eigenvalue weighted by Crippen LogP contribution is -2.36. The molecule has 1 aliphatic heterocycles. The van der Waals surface area contributed by atoms with Gasteiger partial charge in [-0.3, -0.25) is 9.59 Å². The number of benzene rings is 1. The molecule has 1 aromatic carbocycles. The van der Waals surface area contributed by atoms with Gasteiger partial charge in [-0.15, -0.1) is 0 Å². The molecule has 0 spiro atoms. The number of ether oxygens (including phenoxy) is 2. The fraction of sp³-hybridized carbons (Fsp3) is 0.529. The van der Waals surface area contributed by atoms with Gasteiger partial charge in [-0.1, -0.05) is 12.1 Å². The lowest BCUT2D eigenvalue weighted by molar-refractivity contribution is -0.143. The molecule has 1 heterocycles. The van der Waals surface area contributed by atoms with Crippen LogP contribution >= 0.6 is 0 Å². The van der Waals surface area contributed by atoms with E-state index in [0.717, 1.165) is 12.0 Å². The summed E-state index contributed by atoms with van der Waals surface area (Å²) in [6.45, 7) is 4.01. The molecule has 0 saturated heterocycles. The first kappa shape index (κ1) is 15.6. The van der Waals surface area contributed by atoms with E-state index in [2.05, 4.69) is 5.32 Å². The monoisotopic (exact) mass is 319 g/mol. The van der Waals surface area contributed by atoms with Crippen LogP contribution in [-0.2, 0) is 16.0 Å². The summed E-state index contributed by atoms with van der Waals surface area (Å²) in [5.41, 5.74) is 0.0245. The van der Waals surface area contributed by atoms with Gasteiger partial charge >= 0.3 is 5.97 Å². The van der Waals surface area contributed by atoms with Gasteiger partial charge in [-0.25, -0.2) is 0 Å². The van der Waals surface area contributed by atoms with Gasteiger partial charge in [0.15, 0.2) is 18.1 Å². The molecule has 1 aromatic rings. The van der Waals surface area contributed by atoms with Gasteiger partial charge in [0.1, 0.15) is 5.60 Å². The van der Waals surface area contributed by atoms with E-state index >= 15 is 0 Å². The van der Waals surface area contributed by atoms with E-state index in [1.54, 1.807) is 6.07 Å². The van der Waals surface area contributed by atoms with Crippen LogP contribution in [0.3, 0.4) is 0 Å². The Labute approximate surface area is 134 Å². The summed E-state index contributed by atoms with van der Waals surface area (Å²) in [6, 6.07) is 5.63. The second-order valence-corrected chi connectivity index (χ2v) is 6.93.